The molecular weight excluding hydrogens is 332 g/mol. The van der Waals surface area contributed by atoms with Gasteiger partial charge >= 0.3 is 5.97 Å². The zero-order valence-electron chi connectivity index (χ0n) is 13.4. The SMILES string of the molecule is Cc1cc(OCC(=O)OCC(=O)Nc2ccc3c(c2)OCCO3)no1. The van der Waals surface area contributed by atoms with Gasteiger partial charge < -0.3 is 28.8 Å². The first-order valence-corrected chi connectivity index (χ1v) is 7.51. The maximum absolute atomic E-state index is 11.8. The summed E-state index contributed by atoms with van der Waals surface area (Å²) < 4.78 is 25.5. The van der Waals surface area contributed by atoms with Crippen LogP contribution in [0.25, 0.3) is 0 Å². The number of fused-ring (bicyclic) bond motifs is 1. The second kappa shape index (κ2) is 7.56. The van der Waals surface area contributed by atoms with Crippen LogP contribution >= 0.6 is 0 Å². The Morgan fingerprint density at radius 1 is 1.16 bits per heavy atom. The number of ether oxygens (including phenoxy) is 4. The number of carbonyl (C=O) groups is 2. The van der Waals surface area contributed by atoms with Crippen LogP contribution in [-0.4, -0.2) is 43.5 Å². The van der Waals surface area contributed by atoms with Crippen LogP contribution in [-0.2, 0) is 14.3 Å². The number of carbonyl (C=O) groups excluding carboxylic acids is 2. The summed E-state index contributed by atoms with van der Waals surface area (Å²) in [7, 11) is 0. The number of hydrogen-bond donors (Lipinski definition) is 1. The van der Waals surface area contributed by atoms with Crippen molar-refractivity contribution in [2.75, 3.05) is 31.7 Å². The minimum atomic E-state index is -0.696. The van der Waals surface area contributed by atoms with E-state index in [0.717, 1.165) is 0 Å². The number of aromatic nitrogens is 1. The fraction of sp³-hybridized carbons (Fsp3) is 0.312. The van der Waals surface area contributed by atoms with E-state index in [0.29, 0.717) is 36.2 Å². The van der Waals surface area contributed by atoms with Crippen molar-refractivity contribution in [3.8, 4) is 17.4 Å². The molecule has 0 fully saturated rings. The Labute approximate surface area is 142 Å². The molecular formula is C16H16N2O7. The van der Waals surface area contributed by atoms with Gasteiger partial charge in [-0.2, -0.15) is 0 Å². The third-order valence-corrected chi connectivity index (χ3v) is 3.13. The van der Waals surface area contributed by atoms with Gasteiger partial charge in [0.15, 0.2) is 24.7 Å². The fourth-order valence-electron chi connectivity index (χ4n) is 2.05. The molecule has 0 radical (unpaired) electrons. The number of nitrogens with zero attached hydrogens (tertiary/aromatic N) is 1. The quantitative estimate of drug-likeness (QED) is 0.779. The largest absolute Gasteiger partial charge is 0.486 e. The molecule has 1 N–H and O–H groups in total. The first-order valence-electron chi connectivity index (χ1n) is 7.51. The van der Waals surface area contributed by atoms with Crippen molar-refractivity contribution in [3.05, 3.63) is 30.0 Å². The average molecular weight is 348 g/mol. The zero-order valence-corrected chi connectivity index (χ0v) is 13.4. The molecule has 9 heteroatoms. The van der Waals surface area contributed by atoms with Gasteiger partial charge in [0.2, 0.25) is 0 Å². The summed E-state index contributed by atoms with van der Waals surface area (Å²) in [6.45, 7) is 1.83. The summed E-state index contributed by atoms with van der Waals surface area (Å²) in [5, 5.41) is 6.17. The highest BCUT2D eigenvalue weighted by molar-refractivity contribution is 5.93. The molecule has 1 aromatic carbocycles. The van der Waals surface area contributed by atoms with E-state index in [-0.39, 0.29) is 12.5 Å². The van der Waals surface area contributed by atoms with E-state index in [1.807, 2.05) is 0 Å². The Balaban J connectivity index is 1.42. The monoisotopic (exact) mass is 348 g/mol. The number of hydrogen-bond acceptors (Lipinski definition) is 8. The van der Waals surface area contributed by atoms with Gasteiger partial charge in [0.1, 0.15) is 19.0 Å². The topological polar surface area (TPSA) is 109 Å². The van der Waals surface area contributed by atoms with Crippen LogP contribution in [0.4, 0.5) is 5.69 Å². The molecule has 9 nitrogen and oxygen atoms in total. The summed E-state index contributed by atoms with van der Waals surface area (Å²) in [6, 6.07) is 6.54. The fourth-order valence-corrected chi connectivity index (χ4v) is 2.05. The minimum absolute atomic E-state index is 0.176. The maximum Gasteiger partial charge on any atom is 0.344 e. The van der Waals surface area contributed by atoms with E-state index in [1.165, 1.54) is 6.07 Å². The first kappa shape index (κ1) is 16.6. The van der Waals surface area contributed by atoms with Crippen molar-refractivity contribution >= 4 is 17.6 Å². The van der Waals surface area contributed by atoms with Gasteiger partial charge in [-0.25, -0.2) is 4.79 Å². The first-order chi connectivity index (χ1) is 12.1. The highest BCUT2D eigenvalue weighted by Gasteiger charge is 2.14. The number of esters is 1. The van der Waals surface area contributed by atoms with Gasteiger partial charge in [-0.15, -0.1) is 0 Å². The van der Waals surface area contributed by atoms with Crippen LogP contribution in [0.5, 0.6) is 17.4 Å². The van der Waals surface area contributed by atoms with Crippen LogP contribution in [0.2, 0.25) is 0 Å². The Kier molecular flexibility index (Phi) is 5.03. The Hall–Kier alpha value is -3.23. The molecule has 2 heterocycles. The van der Waals surface area contributed by atoms with Crippen molar-refractivity contribution < 1.29 is 33.1 Å². The van der Waals surface area contributed by atoms with Gasteiger partial charge in [-0.3, -0.25) is 4.79 Å². The van der Waals surface area contributed by atoms with E-state index in [4.69, 9.17) is 23.5 Å². The molecule has 1 aliphatic heterocycles. The Bertz CT molecular complexity index is 772. The van der Waals surface area contributed by atoms with E-state index in [9.17, 15) is 9.59 Å². The molecule has 0 unspecified atom stereocenters. The minimum Gasteiger partial charge on any atom is -0.486 e. The van der Waals surface area contributed by atoms with Gasteiger partial charge in [0, 0.05) is 17.8 Å². The van der Waals surface area contributed by atoms with Crippen molar-refractivity contribution in [1.82, 2.24) is 5.16 Å². The molecule has 0 saturated carbocycles. The van der Waals surface area contributed by atoms with E-state index < -0.39 is 18.5 Å². The normalized spacial score (nSPS) is 12.4. The molecule has 0 spiro atoms. The summed E-state index contributed by atoms with van der Waals surface area (Å²) in [6.07, 6.45) is 0. The summed E-state index contributed by atoms with van der Waals surface area (Å²) >= 11 is 0. The lowest BCUT2D eigenvalue weighted by atomic mass is 10.2. The number of nitrogens with one attached hydrogen (secondary N) is 1. The lowest BCUT2D eigenvalue weighted by Crippen LogP contribution is -2.24. The van der Waals surface area contributed by atoms with Gasteiger partial charge in [-0.05, 0) is 24.2 Å². The van der Waals surface area contributed by atoms with E-state index in [2.05, 4.69) is 10.5 Å². The number of rotatable bonds is 6. The smallest absolute Gasteiger partial charge is 0.344 e. The predicted molar refractivity (Wildman–Crippen MR) is 83.8 cm³/mol. The molecule has 0 bridgehead atoms. The van der Waals surface area contributed by atoms with Crippen LogP contribution in [0, 0.1) is 6.92 Å². The molecule has 1 amide bonds. The molecule has 0 atom stereocenters. The van der Waals surface area contributed by atoms with Crippen molar-refractivity contribution in [2.45, 2.75) is 6.92 Å². The van der Waals surface area contributed by atoms with Crippen LogP contribution < -0.4 is 19.5 Å². The molecule has 2 aromatic rings. The summed E-state index contributed by atoms with van der Waals surface area (Å²) in [5.74, 6) is 0.728. The Morgan fingerprint density at radius 3 is 2.72 bits per heavy atom. The Morgan fingerprint density at radius 2 is 1.96 bits per heavy atom. The summed E-state index contributed by atoms with van der Waals surface area (Å²) in [5.41, 5.74) is 0.514. The highest BCUT2D eigenvalue weighted by Crippen LogP contribution is 2.32. The third kappa shape index (κ3) is 4.63. The number of anilines is 1. The highest BCUT2D eigenvalue weighted by atomic mass is 16.6. The summed E-state index contributed by atoms with van der Waals surface area (Å²) in [4.78, 5) is 23.4. The van der Waals surface area contributed by atoms with Crippen LogP contribution in [0.1, 0.15) is 5.76 Å². The standard InChI is InChI=1S/C16H16N2O7/c1-10-6-15(18-25-10)23-9-16(20)24-8-14(19)17-11-2-3-12-13(7-11)22-5-4-21-12/h2-3,6-7H,4-5,8-9H2,1H3,(H,17,19). The van der Waals surface area contributed by atoms with Gasteiger partial charge in [0.05, 0.1) is 0 Å². The second-order valence-electron chi connectivity index (χ2n) is 5.13. The molecule has 0 saturated heterocycles. The molecule has 132 valence electrons. The van der Waals surface area contributed by atoms with Crippen LogP contribution in [0.3, 0.4) is 0 Å². The second-order valence-corrected chi connectivity index (χ2v) is 5.13. The van der Waals surface area contributed by atoms with Crippen molar-refractivity contribution in [1.29, 1.82) is 0 Å². The lowest BCUT2D eigenvalue weighted by Gasteiger charge is -2.19. The number of benzene rings is 1. The van der Waals surface area contributed by atoms with Crippen molar-refractivity contribution in [2.24, 2.45) is 0 Å². The molecule has 0 aliphatic carbocycles. The third-order valence-electron chi connectivity index (χ3n) is 3.13. The van der Waals surface area contributed by atoms with Gasteiger partial charge in [-0.1, -0.05) is 0 Å². The molecule has 1 aromatic heterocycles. The number of amides is 1. The maximum atomic E-state index is 11.8. The molecule has 1 aliphatic rings. The number of aryl methyl sites for hydroxylation is 1. The average Bonchev–Trinajstić information content (AvgIpc) is 3.03. The molecule has 3 rings (SSSR count). The van der Waals surface area contributed by atoms with Gasteiger partial charge in [0.25, 0.3) is 11.8 Å². The van der Waals surface area contributed by atoms with E-state index >= 15 is 0 Å². The molecule has 25 heavy (non-hydrogen) atoms. The van der Waals surface area contributed by atoms with Crippen molar-refractivity contribution in [3.63, 3.8) is 0 Å². The lowest BCUT2D eigenvalue weighted by molar-refractivity contribution is -0.149. The predicted octanol–water partition coefficient (Wildman–Crippen LogP) is 1.31. The van der Waals surface area contributed by atoms with Crippen LogP contribution in [0.15, 0.2) is 28.8 Å². The van der Waals surface area contributed by atoms with E-state index in [1.54, 1.807) is 25.1 Å². The zero-order chi connectivity index (χ0) is 17.6.